The van der Waals surface area contributed by atoms with Crippen LogP contribution in [0, 0.1) is 0 Å². The van der Waals surface area contributed by atoms with Gasteiger partial charge in [0.1, 0.15) is 5.60 Å². The Morgan fingerprint density at radius 3 is 2.40 bits per heavy atom. The number of nitrogens with one attached hydrogen (secondary N) is 2. The highest BCUT2D eigenvalue weighted by Crippen LogP contribution is 2.29. The van der Waals surface area contributed by atoms with Gasteiger partial charge in [-0.15, -0.1) is 24.0 Å². The molecule has 0 spiro atoms. The van der Waals surface area contributed by atoms with E-state index in [1.807, 2.05) is 0 Å². The number of nitrogens with zero attached hydrogens (tertiary/aromatic N) is 1. The first kappa shape index (κ1) is 23.1. The number of carbonyl (C=O) groups excluding carboxylic acids is 1. The van der Waals surface area contributed by atoms with Crippen LogP contribution < -0.4 is 25.8 Å². The minimum absolute atomic E-state index is 0. The Morgan fingerprint density at radius 1 is 1.20 bits per heavy atom. The standard InChI is InChI=1S/C16H26N4O4.HI/c1-16(2,3)24-15(21)19-9-8-18-14(17)20-11-6-7-12(22-4)13(10-11)23-5;/h6-7,10H,8-9H2,1-5H3,(H,19,21)(H3,17,18,20);1H. The van der Waals surface area contributed by atoms with Gasteiger partial charge >= 0.3 is 6.09 Å². The maximum Gasteiger partial charge on any atom is 0.407 e. The molecule has 0 bridgehead atoms. The number of carbonyl (C=O) groups is 1. The Labute approximate surface area is 165 Å². The third kappa shape index (κ3) is 9.22. The summed E-state index contributed by atoms with van der Waals surface area (Å²) in [5.41, 5.74) is 6.00. The van der Waals surface area contributed by atoms with Crippen molar-refractivity contribution in [2.75, 3.05) is 32.6 Å². The average molecular weight is 466 g/mol. The van der Waals surface area contributed by atoms with Gasteiger partial charge in [-0.2, -0.15) is 0 Å². The molecule has 0 saturated carbocycles. The SMILES string of the molecule is COc1ccc(NC(N)=NCCNC(=O)OC(C)(C)C)cc1OC.I. The van der Waals surface area contributed by atoms with Crippen LogP contribution in [0.15, 0.2) is 23.2 Å². The molecule has 142 valence electrons. The van der Waals surface area contributed by atoms with Gasteiger partial charge in [-0.05, 0) is 32.9 Å². The van der Waals surface area contributed by atoms with E-state index in [9.17, 15) is 4.79 Å². The minimum atomic E-state index is -0.526. The topological polar surface area (TPSA) is 107 Å². The molecule has 9 heteroatoms. The molecule has 0 heterocycles. The van der Waals surface area contributed by atoms with Crippen LogP contribution in [0.2, 0.25) is 0 Å². The number of alkyl carbamates (subject to hydrolysis) is 1. The second-order valence-electron chi connectivity index (χ2n) is 5.89. The lowest BCUT2D eigenvalue weighted by Crippen LogP contribution is -2.34. The monoisotopic (exact) mass is 466 g/mol. The predicted octanol–water partition coefficient (Wildman–Crippen LogP) is 2.57. The lowest BCUT2D eigenvalue weighted by Gasteiger charge is -2.19. The van der Waals surface area contributed by atoms with Crippen molar-refractivity contribution in [1.82, 2.24) is 5.32 Å². The molecule has 0 aromatic heterocycles. The quantitative estimate of drug-likeness (QED) is 0.258. The van der Waals surface area contributed by atoms with Gasteiger partial charge in [0.15, 0.2) is 17.5 Å². The average Bonchev–Trinajstić information content (AvgIpc) is 2.49. The summed E-state index contributed by atoms with van der Waals surface area (Å²) in [7, 11) is 3.12. The van der Waals surface area contributed by atoms with Gasteiger partial charge in [0.2, 0.25) is 0 Å². The molecule has 0 aliphatic rings. The van der Waals surface area contributed by atoms with E-state index in [0.29, 0.717) is 30.3 Å². The zero-order valence-corrected chi connectivity index (χ0v) is 17.5. The highest BCUT2D eigenvalue weighted by Gasteiger charge is 2.15. The van der Waals surface area contributed by atoms with Crippen molar-refractivity contribution in [2.45, 2.75) is 26.4 Å². The highest BCUT2D eigenvalue weighted by atomic mass is 127. The summed E-state index contributed by atoms with van der Waals surface area (Å²) in [6.45, 7) is 6.05. The lowest BCUT2D eigenvalue weighted by molar-refractivity contribution is 0.0529. The third-order valence-corrected chi connectivity index (χ3v) is 2.72. The summed E-state index contributed by atoms with van der Waals surface area (Å²) in [5, 5.41) is 5.55. The van der Waals surface area contributed by atoms with Crippen LogP contribution in [-0.2, 0) is 4.74 Å². The Hall–Kier alpha value is -1.91. The molecule has 1 rings (SSSR count). The zero-order chi connectivity index (χ0) is 18.2. The number of nitrogens with two attached hydrogens (primary N) is 1. The smallest absolute Gasteiger partial charge is 0.407 e. The second kappa shape index (κ2) is 10.9. The molecular weight excluding hydrogens is 439 g/mol. The zero-order valence-electron chi connectivity index (χ0n) is 15.2. The molecule has 0 fully saturated rings. The third-order valence-electron chi connectivity index (χ3n) is 2.72. The summed E-state index contributed by atoms with van der Waals surface area (Å²) < 4.78 is 15.5. The molecule has 0 saturated heterocycles. The molecule has 1 aromatic carbocycles. The van der Waals surface area contributed by atoms with Gasteiger partial charge in [0.05, 0.1) is 20.8 Å². The summed E-state index contributed by atoms with van der Waals surface area (Å²) in [6.07, 6.45) is -0.482. The summed E-state index contributed by atoms with van der Waals surface area (Å²) in [6, 6.07) is 5.31. The Kier molecular flexibility index (Phi) is 10.0. The predicted molar refractivity (Wildman–Crippen MR) is 109 cm³/mol. The lowest BCUT2D eigenvalue weighted by atomic mass is 10.2. The van der Waals surface area contributed by atoms with Crippen molar-refractivity contribution < 1.29 is 19.0 Å². The molecule has 1 aromatic rings. The number of halogens is 1. The number of anilines is 1. The van der Waals surface area contributed by atoms with Gasteiger partial charge in [-0.25, -0.2) is 4.79 Å². The van der Waals surface area contributed by atoms with E-state index >= 15 is 0 Å². The maximum atomic E-state index is 11.5. The number of hydrogen-bond donors (Lipinski definition) is 3. The number of benzene rings is 1. The van der Waals surface area contributed by atoms with Crippen molar-refractivity contribution in [3.05, 3.63) is 18.2 Å². The van der Waals surface area contributed by atoms with Crippen LogP contribution in [-0.4, -0.2) is 45.0 Å². The van der Waals surface area contributed by atoms with Crippen LogP contribution >= 0.6 is 24.0 Å². The number of methoxy groups -OCH3 is 2. The van der Waals surface area contributed by atoms with E-state index < -0.39 is 11.7 Å². The van der Waals surface area contributed by atoms with E-state index in [2.05, 4.69) is 15.6 Å². The fraction of sp³-hybridized carbons (Fsp3) is 0.500. The van der Waals surface area contributed by atoms with Crippen molar-refractivity contribution >= 4 is 41.7 Å². The number of aliphatic imine (C=N–C) groups is 1. The van der Waals surface area contributed by atoms with Gasteiger partial charge in [-0.1, -0.05) is 0 Å². The van der Waals surface area contributed by atoms with Gasteiger partial charge in [0, 0.05) is 18.3 Å². The largest absolute Gasteiger partial charge is 0.493 e. The second-order valence-corrected chi connectivity index (χ2v) is 5.89. The van der Waals surface area contributed by atoms with E-state index in [0.717, 1.165) is 0 Å². The van der Waals surface area contributed by atoms with Crippen LogP contribution in [0.25, 0.3) is 0 Å². The first-order valence-electron chi connectivity index (χ1n) is 7.51. The molecule has 0 aliphatic heterocycles. The molecule has 25 heavy (non-hydrogen) atoms. The van der Waals surface area contributed by atoms with Crippen molar-refractivity contribution in [3.63, 3.8) is 0 Å². The van der Waals surface area contributed by atoms with Crippen molar-refractivity contribution in [2.24, 2.45) is 10.7 Å². The van der Waals surface area contributed by atoms with E-state index in [1.54, 1.807) is 53.2 Å². The summed E-state index contributed by atoms with van der Waals surface area (Å²) in [5.74, 6) is 1.44. The Bertz CT molecular complexity index is 588. The summed E-state index contributed by atoms with van der Waals surface area (Å²) in [4.78, 5) is 15.6. The first-order valence-corrected chi connectivity index (χ1v) is 7.51. The molecule has 0 unspecified atom stereocenters. The fourth-order valence-corrected chi connectivity index (χ4v) is 1.75. The highest BCUT2D eigenvalue weighted by molar-refractivity contribution is 14.0. The van der Waals surface area contributed by atoms with Crippen molar-refractivity contribution in [3.8, 4) is 11.5 Å². The van der Waals surface area contributed by atoms with Crippen LogP contribution in [0.4, 0.5) is 10.5 Å². The Balaban J connectivity index is 0.00000576. The molecule has 4 N–H and O–H groups in total. The maximum absolute atomic E-state index is 11.5. The number of hydrogen-bond acceptors (Lipinski definition) is 5. The van der Waals surface area contributed by atoms with Crippen LogP contribution in [0.1, 0.15) is 20.8 Å². The first-order chi connectivity index (χ1) is 11.2. The molecule has 8 nitrogen and oxygen atoms in total. The number of amides is 1. The minimum Gasteiger partial charge on any atom is -0.493 e. The number of rotatable bonds is 6. The van der Waals surface area contributed by atoms with E-state index in [1.165, 1.54) is 0 Å². The van der Waals surface area contributed by atoms with Gasteiger partial charge in [0.25, 0.3) is 0 Å². The number of ether oxygens (including phenoxy) is 3. The molecule has 0 radical (unpaired) electrons. The Morgan fingerprint density at radius 2 is 1.84 bits per heavy atom. The normalized spacial score (nSPS) is 11.2. The molecule has 1 amide bonds. The summed E-state index contributed by atoms with van der Waals surface area (Å²) >= 11 is 0. The van der Waals surface area contributed by atoms with E-state index in [4.69, 9.17) is 19.9 Å². The van der Waals surface area contributed by atoms with Crippen LogP contribution in [0.3, 0.4) is 0 Å². The van der Waals surface area contributed by atoms with Crippen molar-refractivity contribution in [1.29, 1.82) is 0 Å². The van der Waals surface area contributed by atoms with Gasteiger partial charge in [-0.3, -0.25) is 4.99 Å². The molecule has 0 aliphatic carbocycles. The molecule has 0 atom stereocenters. The fourth-order valence-electron chi connectivity index (χ4n) is 1.75. The van der Waals surface area contributed by atoms with Crippen LogP contribution in [0.5, 0.6) is 11.5 Å². The molecular formula is C16H27IN4O4. The number of guanidine groups is 1. The van der Waals surface area contributed by atoms with E-state index in [-0.39, 0.29) is 29.9 Å². The van der Waals surface area contributed by atoms with Gasteiger partial charge < -0.3 is 30.6 Å².